The molecular formula is C25H38F3N5O2. The van der Waals surface area contributed by atoms with Gasteiger partial charge in [0.1, 0.15) is 17.8 Å². The van der Waals surface area contributed by atoms with Crippen LogP contribution >= 0.6 is 0 Å². The number of ether oxygens (including phenoxy) is 1. The van der Waals surface area contributed by atoms with Crippen molar-refractivity contribution in [3.05, 3.63) is 35.1 Å². The predicted molar refractivity (Wildman–Crippen MR) is 130 cm³/mol. The molecule has 10 heteroatoms. The Labute approximate surface area is 205 Å². The largest absolute Gasteiger partial charge is 0.501 e. The Hall–Kier alpha value is -2.49. The first-order chi connectivity index (χ1) is 16.6. The third-order valence-electron chi connectivity index (χ3n) is 6.97. The molecule has 0 aliphatic carbocycles. The summed E-state index contributed by atoms with van der Waals surface area (Å²) in [7, 11) is 1.44. The quantitative estimate of drug-likeness (QED) is 0.405. The Bertz CT molecular complexity index is 972. The molecule has 0 radical (unpaired) electrons. The van der Waals surface area contributed by atoms with E-state index >= 15 is 0 Å². The Morgan fingerprint density at radius 3 is 2.54 bits per heavy atom. The summed E-state index contributed by atoms with van der Waals surface area (Å²) in [6.07, 6.45) is 0.582. The minimum Gasteiger partial charge on any atom is -0.501 e. The van der Waals surface area contributed by atoms with Gasteiger partial charge in [-0.05, 0) is 52.3 Å². The molecule has 1 spiro atoms. The Morgan fingerprint density at radius 2 is 1.97 bits per heavy atom. The lowest BCUT2D eigenvalue weighted by atomic mass is 9.72. The fourth-order valence-electron chi connectivity index (χ4n) is 5.03. The number of piperidine rings is 1. The van der Waals surface area contributed by atoms with Gasteiger partial charge in [0, 0.05) is 55.5 Å². The van der Waals surface area contributed by atoms with Crippen molar-refractivity contribution < 1.29 is 22.7 Å². The van der Waals surface area contributed by atoms with E-state index in [9.17, 15) is 18.0 Å². The second-order valence-electron chi connectivity index (χ2n) is 9.54. The molecule has 1 unspecified atom stereocenters. The summed E-state index contributed by atoms with van der Waals surface area (Å²) >= 11 is 0. The van der Waals surface area contributed by atoms with Gasteiger partial charge in [0.15, 0.2) is 0 Å². The minimum atomic E-state index is -4.47. The molecular weight excluding hydrogens is 459 g/mol. The topological polar surface area (TPSA) is 70.9 Å². The van der Waals surface area contributed by atoms with Gasteiger partial charge < -0.3 is 24.8 Å². The van der Waals surface area contributed by atoms with E-state index < -0.39 is 18.6 Å². The van der Waals surface area contributed by atoms with Crippen molar-refractivity contribution in [2.75, 3.05) is 51.3 Å². The molecule has 0 bridgehead atoms. The zero-order valence-electron chi connectivity index (χ0n) is 21.2. The minimum absolute atomic E-state index is 0.117. The third-order valence-corrected chi connectivity index (χ3v) is 6.97. The summed E-state index contributed by atoms with van der Waals surface area (Å²) in [4.78, 5) is 19.5. The fraction of sp³-hybridized carbons (Fsp3) is 0.680. The van der Waals surface area contributed by atoms with E-state index in [0.717, 1.165) is 37.4 Å². The molecule has 1 atom stereocenters. The number of halogens is 3. The number of carbonyl (C=O) groups is 1. The first-order valence-corrected chi connectivity index (χ1v) is 12.4. The summed E-state index contributed by atoms with van der Waals surface area (Å²) in [6, 6.07) is 4.07. The number of hydrogen-bond donors (Lipinski definition) is 2. The summed E-state index contributed by atoms with van der Waals surface area (Å²) < 4.78 is 45.2. The van der Waals surface area contributed by atoms with Crippen molar-refractivity contribution >= 4 is 11.6 Å². The number of hydrogen-bond acceptors (Lipinski definition) is 5. The van der Waals surface area contributed by atoms with Gasteiger partial charge >= 0.3 is 6.18 Å². The van der Waals surface area contributed by atoms with Gasteiger partial charge in [0.2, 0.25) is 0 Å². The number of allylic oxidation sites excluding steroid dienone is 1. The highest BCUT2D eigenvalue weighted by molar-refractivity contribution is 5.93. The maximum Gasteiger partial charge on any atom is 0.405 e. The maximum atomic E-state index is 12.6. The molecule has 0 saturated carbocycles. The van der Waals surface area contributed by atoms with Gasteiger partial charge in [-0.25, -0.2) is 0 Å². The van der Waals surface area contributed by atoms with E-state index in [2.05, 4.69) is 27.3 Å². The van der Waals surface area contributed by atoms with Crippen LogP contribution in [0.5, 0.6) is 0 Å². The number of nitrogens with zero attached hydrogens (tertiary/aromatic N) is 3. The zero-order chi connectivity index (χ0) is 25.6. The summed E-state index contributed by atoms with van der Waals surface area (Å²) in [5.74, 6) is -0.369. The van der Waals surface area contributed by atoms with Crippen LogP contribution in [0.1, 0.15) is 52.5 Å². The first-order valence-electron chi connectivity index (χ1n) is 12.4. The van der Waals surface area contributed by atoms with Crippen LogP contribution in [0.15, 0.2) is 34.7 Å². The second-order valence-corrected chi connectivity index (χ2v) is 9.54. The molecule has 1 aromatic heterocycles. The van der Waals surface area contributed by atoms with E-state index in [1.54, 1.807) is 6.92 Å². The van der Waals surface area contributed by atoms with E-state index in [1.165, 1.54) is 20.0 Å². The Morgan fingerprint density at radius 1 is 1.29 bits per heavy atom. The van der Waals surface area contributed by atoms with Gasteiger partial charge in [-0.15, -0.1) is 0 Å². The van der Waals surface area contributed by atoms with Crippen LogP contribution < -0.4 is 21.0 Å². The van der Waals surface area contributed by atoms with Crippen LogP contribution in [0.25, 0.3) is 0 Å². The van der Waals surface area contributed by atoms with Crippen molar-refractivity contribution in [1.29, 1.82) is 0 Å². The van der Waals surface area contributed by atoms with Crippen molar-refractivity contribution in [2.45, 2.75) is 58.7 Å². The Kier molecular flexibility index (Phi) is 8.90. The highest BCUT2D eigenvalue weighted by Gasteiger charge is 2.43. The number of amides is 1. The van der Waals surface area contributed by atoms with Crippen LogP contribution in [0.4, 0.5) is 18.9 Å². The fourth-order valence-corrected chi connectivity index (χ4v) is 5.03. The number of rotatable bonds is 9. The van der Waals surface area contributed by atoms with Crippen LogP contribution in [-0.4, -0.2) is 63.0 Å². The standard InChI is InChI=1S/C25H38F3N5O2/c1-5-20(23(34)31-15-25(26,27)28)21(35-4)13-18(3)33-12-7-19(14-22(33)30-6-2)32-16-24(17-32)8-10-29-11-9-24/h7,12,14,18,29H,5-6,8-11,13,15-17H2,1-4H3,(H,31,34)/b21-20-,30-22-. The van der Waals surface area contributed by atoms with Crippen molar-refractivity contribution in [3.8, 4) is 0 Å². The number of pyridine rings is 1. The molecule has 1 amide bonds. The Balaban J connectivity index is 1.77. The van der Waals surface area contributed by atoms with Crippen LogP contribution in [0, 0.1) is 5.41 Å². The molecule has 7 nitrogen and oxygen atoms in total. The van der Waals surface area contributed by atoms with Crippen LogP contribution in [0.3, 0.4) is 0 Å². The molecule has 2 aliphatic heterocycles. The summed E-state index contributed by atoms with van der Waals surface area (Å²) in [6.45, 7) is 9.24. The molecule has 2 fully saturated rings. The SMILES string of the molecule is CC/N=c1/cc(N2CC3(CCNCC3)C2)ccn1C(C)C/C(OC)=C(\CC)C(=O)NCC(F)(F)F. The van der Waals surface area contributed by atoms with Crippen molar-refractivity contribution in [3.63, 3.8) is 0 Å². The summed E-state index contributed by atoms with van der Waals surface area (Å²) in [5, 5.41) is 5.39. The van der Waals surface area contributed by atoms with E-state index in [1.807, 2.05) is 29.9 Å². The summed E-state index contributed by atoms with van der Waals surface area (Å²) in [5.41, 5.74) is 2.63. The predicted octanol–water partition coefficient (Wildman–Crippen LogP) is 3.54. The number of carbonyl (C=O) groups excluding carboxylic acids is 1. The smallest absolute Gasteiger partial charge is 0.405 e. The number of aromatic nitrogens is 1. The lowest BCUT2D eigenvalue weighted by Gasteiger charge is -2.53. The van der Waals surface area contributed by atoms with E-state index in [0.29, 0.717) is 24.1 Å². The van der Waals surface area contributed by atoms with Gasteiger partial charge in [0.25, 0.3) is 5.91 Å². The monoisotopic (exact) mass is 497 g/mol. The van der Waals surface area contributed by atoms with Crippen molar-refractivity contribution in [1.82, 2.24) is 15.2 Å². The van der Waals surface area contributed by atoms with Crippen LogP contribution in [0.2, 0.25) is 0 Å². The van der Waals surface area contributed by atoms with Crippen LogP contribution in [-0.2, 0) is 9.53 Å². The average Bonchev–Trinajstić information content (AvgIpc) is 2.81. The van der Waals surface area contributed by atoms with Gasteiger partial charge in [-0.1, -0.05) is 6.92 Å². The highest BCUT2D eigenvalue weighted by Crippen LogP contribution is 2.40. The van der Waals surface area contributed by atoms with Gasteiger partial charge in [-0.3, -0.25) is 9.79 Å². The van der Waals surface area contributed by atoms with E-state index in [-0.39, 0.29) is 18.0 Å². The molecule has 35 heavy (non-hydrogen) atoms. The number of methoxy groups -OCH3 is 1. The first kappa shape index (κ1) is 27.1. The molecule has 3 rings (SSSR count). The molecule has 1 aromatic rings. The van der Waals surface area contributed by atoms with E-state index in [4.69, 9.17) is 4.74 Å². The lowest BCUT2D eigenvalue weighted by molar-refractivity contribution is -0.136. The maximum absolute atomic E-state index is 12.6. The third kappa shape index (κ3) is 6.80. The normalized spacial score (nSPS) is 19.7. The molecule has 0 aromatic carbocycles. The molecule has 2 N–H and O–H groups in total. The van der Waals surface area contributed by atoms with Gasteiger partial charge in [0.05, 0.1) is 12.7 Å². The zero-order valence-corrected chi connectivity index (χ0v) is 21.2. The van der Waals surface area contributed by atoms with Gasteiger partial charge in [-0.2, -0.15) is 13.2 Å². The molecule has 3 heterocycles. The number of nitrogens with one attached hydrogen (secondary N) is 2. The molecule has 2 aliphatic rings. The molecule has 2 saturated heterocycles. The molecule has 196 valence electrons. The second kappa shape index (κ2) is 11.5. The number of alkyl halides is 3. The average molecular weight is 498 g/mol. The highest BCUT2D eigenvalue weighted by atomic mass is 19.4. The lowest BCUT2D eigenvalue weighted by Crippen LogP contribution is -2.60. The van der Waals surface area contributed by atoms with Crippen molar-refractivity contribution in [2.24, 2.45) is 10.4 Å². The number of anilines is 1.